The zero-order chi connectivity index (χ0) is 37.7. The van der Waals surface area contributed by atoms with Crippen LogP contribution in [0.2, 0.25) is 0 Å². The molecule has 0 aliphatic carbocycles. The zero-order valence-electron chi connectivity index (χ0n) is 32.6. The van der Waals surface area contributed by atoms with Gasteiger partial charge in [0.1, 0.15) is 17.2 Å². The summed E-state index contributed by atoms with van der Waals surface area (Å²) in [4.78, 5) is 6.81. The SMILES string of the molecule is CCOc1cc(N(CC)CC)ccc1C=NN=C(NN=Cc1ccc(N(CC)CC)cc1OCC)NN=Cc1ccc(N(CC)CC)cc1OCC. The Hall–Kier alpha value is -5.26. The van der Waals surface area contributed by atoms with Crippen LogP contribution in [-0.4, -0.2) is 83.7 Å². The molecule has 0 aromatic heterocycles. The van der Waals surface area contributed by atoms with Crippen LogP contribution >= 0.6 is 0 Å². The second-order valence-corrected chi connectivity index (χ2v) is 11.4. The predicted molar refractivity (Wildman–Crippen MR) is 220 cm³/mol. The summed E-state index contributed by atoms with van der Waals surface area (Å²) in [6, 6.07) is 18.3. The third-order valence-corrected chi connectivity index (χ3v) is 8.38. The molecule has 52 heavy (non-hydrogen) atoms. The lowest BCUT2D eigenvalue weighted by Crippen LogP contribution is -2.30. The van der Waals surface area contributed by atoms with Gasteiger partial charge in [0.15, 0.2) is 0 Å². The van der Waals surface area contributed by atoms with Gasteiger partial charge in [0.25, 0.3) is 5.96 Å². The summed E-state index contributed by atoms with van der Waals surface area (Å²) in [7, 11) is 0. The lowest BCUT2D eigenvalue weighted by atomic mass is 10.2. The van der Waals surface area contributed by atoms with E-state index in [0.29, 0.717) is 19.8 Å². The van der Waals surface area contributed by atoms with Gasteiger partial charge in [-0.25, -0.2) is 10.9 Å². The van der Waals surface area contributed by atoms with E-state index in [4.69, 9.17) is 14.2 Å². The highest BCUT2D eigenvalue weighted by Crippen LogP contribution is 2.27. The van der Waals surface area contributed by atoms with Gasteiger partial charge in [-0.2, -0.15) is 15.3 Å². The van der Waals surface area contributed by atoms with Gasteiger partial charge < -0.3 is 28.9 Å². The van der Waals surface area contributed by atoms with Crippen LogP contribution in [0.4, 0.5) is 17.1 Å². The van der Waals surface area contributed by atoms with E-state index in [0.717, 1.165) is 90.3 Å². The monoisotopic (exact) mass is 713 g/mol. The van der Waals surface area contributed by atoms with E-state index in [1.807, 2.05) is 57.2 Å². The molecule has 12 nitrogen and oxygen atoms in total. The third-order valence-electron chi connectivity index (χ3n) is 8.38. The second-order valence-electron chi connectivity index (χ2n) is 11.4. The maximum Gasteiger partial charge on any atom is 0.257 e. The number of guanidine groups is 1. The molecule has 0 bridgehead atoms. The normalized spacial score (nSPS) is 11.2. The largest absolute Gasteiger partial charge is 0.493 e. The first kappa shape index (κ1) is 41.2. The molecule has 0 unspecified atom stereocenters. The average molecular weight is 714 g/mol. The van der Waals surface area contributed by atoms with Gasteiger partial charge in [-0.05, 0) is 98.7 Å². The van der Waals surface area contributed by atoms with E-state index in [-0.39, 0.29) is 5.96 Å². The van der Waals surface area contributed by atoms with Crippen LogP contribution < -0.4 is 39.8 Å². The third kappa shape index (κ3) is 11.9. The average Bonchev–Trinajstić information content (AvgIpc) is 3.15. The van der Waals surface area contributed by atoms with Crippen LogP contribution in [0, 0.1) is 0 Å². The van der Waals surface area contributed by atoms with E-state index in [9.17, 15) is 0 Å². The fraction of sp³-hybridized carbons (Fsp3) is 0.450. The fourth-order valence-electron chi connectivity index (χ4n) is 5.63. The van der Waals surface area contributed by atoms with E-state index in [1.54, 1.807) is 18.6 Å². The Morgan fingerprint density at radius 2 is 0.827 bits per heavy atom. The minimum Gasteiger partial charge on any atom is -0.493 e. The van der Waals surface area contributed by atoms with Crippen LogP contribution in [0.25, 0.3) is 0 Å². The molecule has 12 heteroatoms. The van der Waals surface area contributed by atoms with Crippen molar-refractivity contribution in [3.05, 3.63) is 71.3 Å². The maximum atomic E-state index is 5.97. The molecule has 0 radical (unpaired) electrons. The maximum absolute atomic E-state index is 5.97. The number of anilines is 3. The van der Waals surface area contributed by atoms with Crippen molar-refractivity contribution in [2.75, 3.05) is 73.8 Å². The summed E-state index contributed by atoms with van der Waals surface area (Å²) in [5.41, 5.74) is 11.7. The van der Waals surface area contributed by atoms with Crippen LogP contribution in [0.5, 0.6) is 17.2 Å². The molecule has 282 valence electrons. The minimum atomic E-state index is 0.205. The van der Waals surface area contributed by atoms with Crippen molar-refractivity contribution < 1.29 is 14.2 Å². The van der Waals surface area contributed by atoms with Gasteiger partial charge in [0, 0.05) is 91.2 Å². The Balaban J connectivity index is 1.95. The highest BCUT2D eigenvalue weighted by molar-refractivity contribution is 5.90. The Morgan fingerprint density at radius 1 is 0.500 bits per heavy atom. The van der Waals surface area contributed by atoms with E-state index in [2.05, 4.69) is 106 Å². The number of nitrogens with zero attached hydrogens (tertiary/aromatic N) is 7. The zero-order valence-corrected chi connectivity index (χ0v) is 32.6. The molecule has 0 spiro atoms. The number of benzene rings is 3. The number of hydrazone groups is 2. The quantitative estimate of drug-likeness (QED) is 0.0670. The molecule has 0 saturated carbocycles. The van der Waals surface area contributed by atoms with Crippen molar-refractivity contribution in [3.63, 3.8) is 0 Å². The van der Waals surface area contributed by atoms with Gasteiger partial charge in [-0.3, -0.25) is 0 Å². The first-order valence-electron chi connectivity index (χ1n) is 18.6. The Labute approximate surface area is 311 Å². The van der Waals surface area contributed by atoms with Gasteiger partial charge in [0.2, 0.25) is 0 Å². The van der Waals surface area contributed by atoms with Crippen LogP contribution in [0.3, 0.4) is 0 Å². The topological polar surface area (TPSA) is 111 Å². The molecule has 3 aromatic rings. The number of ether oxygens (including phenoxy) is 3. The van der Waals surface area contributed by atoms with Crippen molar-refractivity contribution in [2.45, 2.75) is 62.3 Å². The molecule has 0 heterocycles. The summed E-state index contributed by atoms with van der Waals surface area (Å²) in [6.07, 6.45) is 5.05. The summed E-state index contributed by atoms with van der Waals surface area (Å²) < 4.78 is 17.9. The standard InChI is InChI=1S/C40H59N9O3/c1-10-47(11-2)34-22-19-31(37(25-34)50-16-7)28-41-44-40(45-42-29-32-20-23-35(48(12-3)13-4)26-38(32)51-17-8)46-43-30-33-21-24-36(49(14-5)15-6)27-39(33)52-18-9/h19-30H,10-18H2,1-9H3,(H2,44,45,46). The van der Waals surface area contributed by atoms with Crippen molar-refractivity contribution in [2.24, 2.45) is 20.4 Å². The Bertz CT molecular complexity index is 1550. The van der Waals surface area contributed by atoms with Gasteiger partial charge in [0.05, 0.1) is 38.5 Å². The molecule has 3 aromatic carbocycles. The lowest BCUT2D eigenvalue weighted by molar-refractivity contribution is 0.339. The molecule has 0 saturated heterocycles. The van der Waals surface area contributed by atoms with Gasteiger partial charge in [-0.1, -0.05) is 0 Å². The van der Waals surface area contributed by atoms with Crippen LogP contribution in [0.1, 0.15) is 79.0 Å². The second kappa shape index (κ2) is 22.5. The van der Waals surface area contributed by atoms with E-state index in [1.165, 1.54) is 0 Å². The fourth-order valence-corrected chi connectivity index (χ4v) is 5.63. The number of nitrogens with one attached hydrogen (secondary N) is 2. The highest BCUT2D eigenvalue weighted by atomic mass is 16.5. The molecule has 0 fully saturated rings. The molecule has 0 atom stereocenters. The molecule has 3 rings (SSSR count). The van der Waals surface area contributed by atoms with Gasteiger partial charge >= 0.3 is 0 Å². The molecule has 0 aliphatic heterocycles. The first-order valence-corrected chi connectivity index (χ1v) is 18.6. The first-order chi connectivity index (χ1) is 25.4. The summed E-state index contributed by atoms with van der Waals surface area (Å²) in [5, 5.41) is 17.7. The molecule has 0 amide bonds. The van der Waals surface area contributed by atoms with Gasteiger partial charge in [-0.15, -0.1) is 5.10 Å². The number of hydrogen-bond acceptors (Lipinski definition) is 10. The summed E-state index contributed by atoms with van der Waals surface area (Å²) in [6.45, 7) is 25.8. The predicted octanol–water partition coefficient (Wildman–Crippen LogP) is 7.36. The smallest absolute Gasteiger partial charge is 0.257 e. The Morgan fingerprint density at radius 3 is 1.13 bits per heavy atom. The van der Waals surface area contributed by atoms with E-state index < -0.39 is 0 Å². The molecule has 2 N–H and O–H groups in total. The minimum absolute atomic E-state index is 0.205. The number of rotatable bonds is 21. The van der Waals surface area contributed by atoms with Crippen molar-refractivity contribution in [3.8, 4) is 17.2 Å². The summed E-state index contributed by atoms with van der Waals surface area (Å²) >= 11 is 0. The molecular formula is C40H59N9O3. The summed E-state index contributed by atoms with van der Waals surface area (Å²) in [5.74, 6) is 2.43. The highest BCUT2D eigenvalue weighted by Gasteiger charge is 2.11. The lowest BCUT2D eigenvalue weighted by Gasteiger charge is -2.22. The molecular weight excluding hydrogens is 655 g/mol. The van der Waals surface area contributed by atoms with Crippen LogP contribution in [-0.2, 0) is 0 Å². The van der Waals surface area contributed by atoms with Crippen molar-refractivity contribution in [1.29, 1.82) is 0 Å². The Kier molecular flexibility index (Phi) is 17.8. The van der Waals surface area contributed by atoms with Crippen LogP contribution in [0.15, 0.2) is 75.0 Å². The van der Waals surface area contributed by atoms with E-state index >= 15 is 0 Å². The number of hydrogen-bond donors (Lipinski definition) is 2. The molecule has 0 aliphatic rings. The van der Waals surface area contributed by atoms with Crippen molar-refractivity contribution >= 4 is 41.7 Å². The van der Waals surface area contributed by atoms with Crippen molar-refractivity contribution in [1.82, 2.24) is 10.9 Å².